The van der Waals surface area contributed by atoms with Crippen LogP contribution in [0.5, 0.6) is 0 Å². The van der Waals surface area contributed by atoms with Gasteiger partial charge in [0.25, 0.3) is 5.91 Å². The summed E-state index contributed by atoms with van der Waals surface area (Å²) in [4.78, 5) is 43.1. The zero-order valence-electron chi connectivity index (χ0n) is 17.9. The summed E-state index contributed by atoms with van der Waals surface area (Å²) in [7, 11) is 0. The highest BCUT2D eigenvalue weighted by molar-refractivity contribution is 5.96. The maximum absolute atomic E-state index is 12.0. The van der Waals surface area contributed by atoms with Gasteiger partial charge >= 0.3 is 0 Å². The number of anilines is 3. The van der Waals surface area contributed by atoms with Crippen molar-refractivity contribution in [2.75, 3.05) is 23.3 Å². The predicted octanol–water partition coefficient (Wildman–Crippen LogP) is 2.05. The minimum absolute atomic E-state index is 0.0270. The second-order valence-corrected chi connectivity index (χ2v) is 7.57. The van der Waals surface area contributed by atoms with E-state index in [1.807, 2.05) is 29.2 Å². The molecule has 0 radical (unpaired) electrons. The van der Waals surface area contributed by atoms with E-state index in [1.165, 1.54) is 12.3 Å². The molecule has 1 saturated heterocycles. The van der Waals surface area contributed by atoms with E-state index in [4.69, 9.17) is 5.73 Å². The Labute approximate surface area is 191 Å². The first kappa shape index (κ1) is 21.9. The van der Waals surface area contributed by atoms with Crippen LogP contribution in [0.1, 0.15) is 23.3 Å². The average Bonchev–Trinajstić information content (AvgIpc) is 2.84. The molecule has 0 aliphatic carbocycles. The van der Waals surface area contributed by atoms with Gasteiger partial charge < -0.3 is 21.3 Å². The first-order valence-electron chi connectivity index (χ1n) is 10.5. The second kappa shape index (κ2) is 9.86. The van der Waals surface area contributed by atoms with Crippen LogP contribution in [0, 0.1) is 0 Å². The van der Waals surface area contributed by atoms with Crippen molar-refractivity contribution in [2.24, 2.45) is 5.73 Å². The van der Waals surface area contributed by atoms with Gasteiger partial charge in [-0.25, -0.2) is 19.9 Å². The number of piperidine rings is 1. The summed E-state index contributed by atoms with van der Waals surface area (Å²) in [5.41, 5.74) is 7.07. The number of nitrogens with two attached hydrogens (primary N) is 1. The summed E-state index contributed by atoms with van der Waals surface area (Å²) in [6.07, 6.45) is 7.87. The first-order chi connectivity index (χ1) is 16.0. The molecule has 10 heteroatoms. The predicted molar refractivity (Wildman–Crippen MR) is 125 cm³/mol. The lowest BCUT2D eigenvalue weighted by atomic mass is 10.1. The lowest BCUT2D eigenvalue weighted by Crippen LogP contribution is -2.47. The zero-order chi connectivity index (χ0) is 23.2. The Morgan fingerprint density at radius 3 is 2.76 bits per heavy atom. The Kier molecular flexibility index (Phi) is 6.53. The van der Waals surface area contributed by atoms with Crippen LogP contribution in [0.2, 0.25) is 0 Å². The van der Waals surface area contributed by atoms with Crippen molar-refractivity contribution in [1.82, 2.24) is 25.3 Å². The van der Waals surface area contributed by atoms with Crippen LogP contribution in [0.4, 0.5) is 17.3 Å². The molecule has 1 fully saturated rings. The molecular formula is C23H24N8O2. The molecule has 1 aliphatic heterocycles. The van der Waals surface area contributed by atoms with Gasteiger partial charge in [0.1, 0.15) is 5.82 Å². The Bertz CT molecular complexity index is 1170. The summed E-state index contributed by atoms with van der Waals surface area (Å²) in [5.74, 6) is 0.526. The minimum atomic E-state index is -0.686. The number of hydrogen-bond acceptors (Lipinski definition) is 8. The van der Waals surface area contributed by atoms with E-state index in [1.54, 1.807) is 18.5 Å². The number of primary amides is 1. The highest BCUT2D eigenvalue weighted by Gasteiger charge is 2.23. The average molecular weight is 444 g/mol. The number of amides is 2. The van der Waals surface area contributed by atoms with Gasteiger partial charge in [-0.3, -0.25) is 9.59 Å². The molecule has 1 atom stereocenters. The van der Waals surface area contributed by atoms with Gasteiger partial charge in [-0.15, -0.1) is 0 Å². The van der Waals surface area contributed by atoms with Crippen LogP contribution >= 0.6 is 0 Å². The molecule has 3 aromatic rings. The molecule has 33 heavy (non-hydrogen) atoms. The Morgan fingerprint density at radius 2 is 2.00 bits per heavy atom. The van der Waals surface area contributed by atoms with Crippen LogP contribution < -0.4 is 21.3 Å². The van der Waals surface area contributed by atoms with Crippen LogP contribution in [0.3, 0.4) is 0 Å². The normalized spacial score (nSPS) is 15.5. The third-order valence-corrected chi connectivity index (χ3v) is 5.22. The minimum Gasteiger partial charge on any atom is -0.364 e. The quantitative estimate of drug-likeness (QED) is 0.471. The standard InChI is InChI=1S/C23H24N8O2/c1-2-19(32)28-17-8-4-11-31(14-17)18-13-27-20(21(24)33)23(30-18)29-16-7-3-6-15(12-16)22-25-9-5-10-26-22/h2-3,5-7,9-10,12-13,17H,1,4,8,11,14H2,(H2,24,33)(H,28,32)(H,29,30)/t17-/m1/s1. The molecular weight excluding hydrogens is 420 g/mol. The van der Waals surface area contributed by atoms with Crippen molar-refractivity contribution < 1.29 is 9.59 Å². The molecule has 0 saturated carbocycles. The molecule has 0 unspecified atom stereocenters. The lowest BCUT2D eigenvalue weighted by molar-refractivity contribution is -0.117. The van der Waals surface area contributed by atoms with Gasteiger partial charge in [0.05, 0.1) is 6.20 Å². The highest BCUT2D eigenvalue weighted by atomic mass is 16.2. The summed E-state index contributed by atoms with van der Waals surface area (Å²) in [6, 6.07) is 9.17. The second-order valence-electron chi connectivity index (χ2n) is 7.57. The van der Waals surface area contributed by atoms with Gasteiger partial charge in [0.2, 0.25) is 5.91 Å². The van der Waals surface area contributed by atoms with Gasteiger partial charge in [-0.2, -0.15) is 0 Å². The topological polar surface area (TPSA) is 139 Å². The van der Waals surface area contributed by atoms with E-state index in [2.05, 4.69) is 37.1 Å². The number of nitrogens with zero attached hydrogens (tertiary/aromatic N) is 5. The van der Waals surface area contributed by atoms with Crippen LogP contribution in [0.15, 0.2) is 61.6 Å². The van der Waals surface area contributed by atoms with E-state index in [-0.39, 0.29) is 23.5 Å². The lowest BCUT2D eigenvalue weighted by Gasteiger charge is -2.33. The van der Waals surface area contributed by atoms with Gasteiger partial charge in [0, 0.05) is 42.8 Å². The summed E-state index contributed by atoms with van der Waals surface area (Å²) in [5, 5.41) is 6.08. The number of aromatic nitrogens is 4. The van der Waals surface area contributed by atoms with E-state index < -0.39 is 5.91 Å². The van der Waals surface area contributed by atoms with Crippen LogP contribution in [-0.2, 0) is 4.79 Å². The smallest absolute Gasteiger partial charge is 0.271 e. The fourth-order valence-corrected chi connectivity index (χ4v) is 3.68. The van der Waals surface area contributed by atoms with Gasteiger partial charge in [-0.1, -0.05) is 18.7 Å². The van der Waals surface area contributed by atoms with Crippen molar-refractivity contribution in [3.63, 3.8) is 0 Å². The summed E-state index contributed by atoms with van der Waals surface area (Å²) >= 11 is 0. The molecule has 2 aromatic heterocycles. The third kappa shape index (κ3) is 5.29. The molecule has 0 bridgehead atoms. The fraction of sp³-hybridized carbons (Fsp3) is 0.217. The molecule has 2 amide bonds. The Balaban J connectivity index is 1.59. The zero-order valence-corrected chi connectivity index (χ0v) is 17.9. The third-order valence-electron chi connectivity index (χ3n) is 5.22. The molecule has 10 nitrogen and oxygen atoms in total. The number of carbonyl (C=O) groups excluding carboxylic acids is 2. The van der Waals surface area contributed by atoms with Crippen molar-refractivity contribution in [2.45, 2.75) is 18.9 Å². The van der Waals surface area contributed by atoms with Crippen LogP contribution in [0.25, 0.3) is 11.4 Å². The maximum Gasteiger partial charge on any atom is 0.271 e. The number of hydrogen-bond donors (Lipinski definition) is 3. The molecule has 168 valence electrons. The van der Waals surface area contributed by atoms with Crippen molar-refractivity contribution in [3.8, 4) is 11.4 Å². The fourth-order valence-electron chi connectivity index (χ4n) is 3.68. The van der Waals surface area contributed by atoms with Crippen molar-refractivity contribution >= 4 is 29.1 Å². The summed E-state index contributed by atoms with van der Waals surface area (Å²) < 4.78 is 0. The molecule has 4 rings (SSSR count). The van der Waals surface area contributed by atoms with Gasteiger partial charge in [0.15, 0.2) is 17.3 Å². The molecule has 0 spiro atoms. The first-order valence-corrected chi connectivity index (χ1v) is 10.5. The van der Waals surface area contributed by atoms with Crippen LogP contribution in [-0.4, -0.2) is 50.9 Å². The summed E-state index contributed by atoms with van der Waals surface area (Å²) in [6.45, 7) is 4.83. The number of benzene rings is 1. The number of carbonyl (C=O) groups is 2. The van der Waals surface area contributed by atoms with Crippen molar-refractivity contribution in [3.05, 3.63) is 67.3 Å². The Morgan fingerprint density at radius 1 is 1.18 bits per heavy atom. The highest BCUT2D eigenvalue weighted by Crippen LogP contribution is 2.25. The maximum atomic E-state index is 12.0. The van der Waals surface area contributed by atoms with Crippen molar-refractivity contribution in [1.29, 1.82) is 0 Å². The number of nitrogens with one attached hydrogen (secondary N) is 2. The van der Waals surface area contributed by atoms with E-state index in [0.717, 1.165) is 24.9 Å². The number of rotatable bonds is 7. The van der Waals surface area contributed by atoms with E-state index in [9.17, 15) is 9.59 Å². The molecule has 4 N–H and O–H groups in total. The Hall–Kier alpha value is -4.34. The molecule has 3 heterocycles. The van der Waals surface area contributed by atoms with E-state index in [0.29, 0.717) is 23.9 Å². The SMILES string of the molecule is C=CC(=O)N[C@@H]1CCCN(c2cnc(C(N)=O)c(Nc3cccc(-c4ncccn4)c3)n2)C1. The molecule has 1 aliphatic rings. The molecule has 1 aromatic carbocycles. The van der Waals surface area contributed by atoms with Gasteiger partial charge in [-0.05, 0) is 37.1 Å². The van der Waals surface area contributed by atoms with E-state index >= 15 is 0 Å². The largest absolute Gasteiger partial charge is 0.364 e. The monoisotopic (exact) mass is 444 g/mol.